The van der Waals surface area contributed by atoms with Crippen molar-refractivity contribution in [1.82, 2.24) is 9.80 Å². The standard InChI is InChI=1S/C20H29ClN2O2/c1-2-20(24)23(19-8-12-25-13-9-19)18-6-10-22(11-7-18)15-16-4-3-5-17(21)14-16/h3-5,14,18-19H,2,6-13,15H2,1H3. The van der Waals surface area contributed by atoms with Crippen LogP contribution in [0.1, 0.15) is 44.6 Å². The molecule has 2 heterocycles. The van der Waals surface area contributed by atoms with Gasteiger partial charge in [0, 0.05) is 56.4 Å². The highest BCUT2D eigenvalue weighted by Gasteiger charge is 2.33. The van der Waals surface area contributed by atoms with Gasteiger partial charge in [-0.15, -0.1) is 0 Å². The fourth-order valence-electron chi connectivity index (χ4n) is 4.10. The van der Waals surface area contributed by atoms with Gasteiger partial charge in [-0.25, -0.2) is 0 Å². The Hall–Kier alpha value is -1.10. The van der Waals surface area contributed by atoms with Gasteiger partial charge in [0.15, 0.2) is 0 Å². The van der Waals surface area contributed by atoms with Gasteiger partial charge in [-0.05, 0) is 43.4 Å². The summed E-state index contributed by atoms with van der Waals surface area (Å²) in [5.74, 6) is 0.306. The maximum atomic E-state index is 12.6. The van der Waals surface area contributed by atoms with Crippen molar-refractivity contribution in [2.75, 3.05) is 26.3 Å². The SMILES string of the molecule is CCC(=O)N(C1CCOCC1)C1CCN(Cc2cccc(Cl)c2)CC1. The van der Waals surface area contributed by atoms with Crippen molar-refractivity contribution in [3.05, 3.63) is 34.9 Å². The van der Waals surface area contributed by atoms with Gasteiger partial charge in [0.2, 0.25) is 5.91 Å². The summed E-state index contributed by atoms with van der Waals surface area (Å²) in [7, 11) is 0. The largest absolute Gasteiger partial charge is 0.381 e. The van der Waals surface area contributed by atoms with Gasteiger partial charge in [0.25, 0.3) is 0 Å². The van der Waals surface area contributed by atoms with Crippen LogP contribution in [0.15, 0.2) is 24.3 Å². The Kier molecular flexibility index (Phi) is 6.74. The van der Waals surface area contributed by atoms with E-state index in [-0.39, 0.29) is 0 Å². The van der Waals surface area contributed by atoms with Crippen molar-refractivity contribution in [2.24, 2.45) is 0 Å². The summed E-state index contributed by atoms with van der Waals surface area (Å²) in [6.07, 6.45) is 4.68. The summed E-state index contributed by atoms with van der Waals surface area (Å²) < 4.78 is 5.49. The van der Waals surface area contributed by atoms with Crippen LogP contribution in [-0.4, -0.2) is 54.1 Å². The van der Waals surface area contributed by atoms with E-state index in [2.05, 4.69) is 15.9 Å². The van der Waals surface area contributed by atoms with Gasteiger partial charge in [-0.1, -0.05) is 30.7 Å². The highest BCUT2D eigenvalue weighted by molar-refractivity contribution is 6.30. The second kappa shape index (κ2) is 9.02. The number of hydrogen-bond acceptors (Lipinski definition) is 3. The van der Waals surface area contributed by atoms with Crippen LogP contribution in [0.25, 0.3) is 0 Å². The number of carbonyl (C=O) groups is 1. The van der Waals surface area contributed by atoms with Gasteiger partial charge < -0.3 is 9.64 Å². The second-order valence-corrected chi connectivity index (χ2v) is 7.57. The van der Waals surface area contributed by atoms with Gasteiger partial charge in [-0.2, -0.15) is 0 Å². The molecular formula is C20H29ClN2O2. The summed E-state index contributed by atoms with van der Waals surface area (Å²) in [5.41, 5.74) is 1.26. The molecule has 138 valence electrons. The lowest BCUT2D eigenvalue weighted by Crippen LogP contribution is -2.52. The number of halogens is 1. The first-order valence-electron chi connectivity index (χ1n) is 9.53. The van der Waals surface area contributed by atoms with E-state index in [0.29, 0.717) is 24.4 Å². The zero-order chi connectivity index (χ0) is 17.6. The quantitative estimate of drug-likeness (QED) is 0.798. The lowest BCUT2D eigenvalue weighted by Gasteiger charge is -2.43. The van der Waals surface area contributed by atoms with Crippen molar-refractivity contribution in [1.29, 1.82) is 0 Å². The molecule has 0 radical (unpaired) electrons. The normalized spacial score (nSPS) is 20.6. The van der Waals surface area contributed by atoms with E-state index in [4.69, 9.17) is 16.3 Å². The molecule has 0 atom stereocenters. The molecule has 0 N–H and O–H groups in total. The molecular weight excluding hydrogens is 336 g/mol. The third-order valence-electron chi connectivity index (χ3n) is 5.42. The third kappa shape index (κ3) is 4.96. The number of nitrogens with zero attached hydrogens (tertiary/aromatic N) is 2. The van der Waals surface area contributed by atoms with Crippen LogP contribution in [0.5, 0.6) is 0 Å². The van der Waals surface area contributed by atoms with Gasteiger partial charge >= 0.3 is 0 Å². The van der Waals surface area contributed by atoms with E-state index in [1.54, 1.807) is 0 Å². The predicted octanol–water partition coefficient (Wildman–Crippen LogP) is 3.72. The molecule has 3 rings (SSSR count). The summed E-state index contributed by atoms with van der Waals surface area (Å²) in [4.78, 5) is 17.3. The van der Waals surface area contributed by atoms with E-state index in [1.165, 1.54) is 5.56 Å². The Morgan fingerprint density at radius 1 is 1.20 bits per heavy atom. The fourth-order valence-corrected chi connectivity index (χ4v) is 4.31. The molecule has 0 unspecified atom stereocenters. The van der Waals surface area contributed by atoms with E-state index in [0.717, 1.165) is 63.6 Å². The zero-order valence-corrected chi connectivity index (χ0v) is 15.9. The van der Waals surface area contributed by atoms with Gasteiger partial charge in [0.05, 0.1) is 0 Å². The molecule has 2 aliphatic heterocycles. The Morgan fingerprint density at radius 3 is 2.52 bits per heavy atom. The van der Waals surface area contributed by atoms with Gasteiger partial charge in [-0.3, -0.25) is 9.69 Å². The average Bonchev–Trinajstić information content (AvgIpc) is 2.64. The Bertz CT molecular complexity index is 567. The first kappa shape index (κ1) is 18.7. The van der Waals surface area contributed by atoms with Crippen molar-refractivity contribution >= 4 is 17.5 Å². The third-order valence-corrected chi connectivity index (χ3v) is 5.66. The molecule has 0 saturated carbocycles. The lowest BCUT2D eigenvalue weighted by atomic mass is 9.97. The first-order chi connectivity index (χ1) is 12.2. The topological polar surface area (TPSA) is 32.8 Å². The summed E-state index contributed by atoms with van der Waals surface area (Å²) in [5, 5.41) is 0.798. The Morgan fingerprint density at radius 2 is 1.88 bits per heavy atom. The smallest absolute Gasteiger partial charge is 0.222 e. The number of benzene rings is 1. The van der Waals surface area contributed by atoms with E-state index >= 15 is 0 Å². The first-order valence-corrected chi connectivity index (χ1v) is 9.91. The van der Waals surface area contributed by atoms with Crippen LogP contribution in [0.3, 0.4) is 0 Å². The monoisotopic (exact) mass is 364 g/mol. The average molecular weight is 365 g/mol. The summed E-state index contributed by atoms with van der Waals surface area (Å²) in [6, 6.07) is 8.85. The number of rotatable bonds is 5. The molecule has 0 spiro atoms. The van der Waals surface area contributed by atoms with Crippen LogP contribution in [0, 0.1) is 0 Å². The number of amides is 1. The number of ether oxygens (including phenoxy) is 1. The van der Waals surface area contributed by atoms with Crippen LogP contribution >= 0.6 is 11.6 Å². The zero-order valence-electron chi connectivity index (χ0n) is 15.1. The van der Waals surface area contributed by atoms with E-state index in [9.17, 15) is 4.79 Å². The molecule has 5 heteroatoms. The number of piperidine rings is 1. The number of carbonyl (C=O) groups excluding carboxylic acids is 1. The van der Waals surface area contributed by atoms with E-state index < -0.39 is 0 Å². The molecule has 1 aromatic carbocycles. The highest BCUT2D eigenvalue weighted by atomic mass is 35.5. The van der Waals surface area contributed by atoms with Crippen LogP contribution < -0.4 is 0 Å². The lowest BCUT2D eigenvalue weighted by molar-refractivity contribution is -0.139. The molecule has 2 aliphatic rings. The maximum Gasteiger partial charge on any atom is 0.222 e. The molecule has 25 heavy (non-hydrogen) atoms. The molecule has 0 bridgehead atoms. The van der Waals surface area contributed by atoms with Crippen molar-refractivity contribution < 1.29 is 9.53 Å². The van der Waals surface area contributed by atoms with Crippen molar-refractivity contribution in [2.45, 2.75) is 57.7 Å². The molecule has 2 fully saturated rings. The van der Waals surface area contributed by atoms with Gasteiger partial charge in [0.1, 0.15) is 0 Å². The fraction of sp³-hybridized carbons (Fsp3) is 0.650. The minimum atomic E-state index is 0.306. The minimum Gasteiger partial charge on any atom is -0.381 e. The summed E-state index contributed by atoms with van der Waals surface area (Å²) >= 11 is 6.09. The molecule has 1 amide bonds. The Labute approximate surface area is 156 Å². The molecule has 4 nitrogen and oxygen atoms in total. The molecule has 0 aromatic heterocycles. The molecule has 2 saturated heterocycles. The number of hydrogen-bond donors (Lipinski definition) is 0. The van der Waals surface area contributed by atoms with Crippen molar-refractivity contribution in [3.63, 3.8) is 0 Å². The Balaban J connectivity index is 1.58. The van der Waals surface area contributed by atoms with Crippen molar-refractivity contribution in [3.8, 4) is 0 Å². The minimum absolute atomic E-state index is 0.306. The summed E-state index contributed by atoms with van der Waals surface area (Å²) in [6.45, 7) is 6.55. The second-order valence-electron chi connectivity index (χ2n) is 7.14. The van der Waals surface area contributed by atoms with Crippen LogP contribution in [0.2, 0.25) is 5.02 Å². The molecule has 1 aromatic rings. The highest BCUT2D eigenvalue weighted by Crippen LogP contribution is 2.25. The maximum absolute atomic E-state index is 12.6. The van der Waals surface area contributed by atoms with Crippen LogP contribution in [0.4, 0.5) is 0 Å². The van der Waals surface area contributed by atoms with E-state index in [1.807, 2.05) is 25.1 Å². The predicted molar refractivity (Wildman–Crippen MR) is 101 cm³/mol. The number of likely N-dealkylation sites (tertiary alicyclic amines) is 1. The van der Waals surface area contributed by atoms with Crippen LogP contribution in [-0.2, 0) is 16.1 Å². The molecule has 0 aliphatic carbocycles.